The number of nitrogens with two attached hydrogens (primary N) is 1. The summed E-state index contributed by atoms with van der Waals surface area (Å²) < 4.78 is 6.76. The van der Waals surface area contributed by atoms with Crippen molar-refractivity contribution in [1.29, 1.82) is 0 Å². The molecule has 0 amide bonds. The van der Waals surface area contributed by atoms with Crippen molar-refractivity contribution < 1.29 is 4.74 Å². The molecule has 2 heterocycles. The fourth-order valence-corrected chi connectivity index (χ4v) is 2.37. The van der Waals surface area contributed by atoms with E-state index in [1.54, 1.807) is 18.5 Å². The zero-order valence-electron chi connectivity index (χ0n) is 11.7. The molecule has 0 saturated carbocycles. The van der Waals surface area contributed by atoms with E-state index in [0.29, 0.717) is 29.0 Å². The van der Waals surface area contributed by atoms with Gasteiger partial charge in [-0.2, -0.15) is 9.50 Å². The first kappa shape index (κ1) is 13.8. The zero-order valence-corrected chi connectivity index (χ0v) is 12.4. The largest absolute Gasteiger partial charge is 0.383 e. The smallest absolute Gasteiger partial charge is 0.254 e. The summed E-state index contributed by atoms with van der Waals surface area (Å²) >= 11 is 5.94. The third-order valence-electron chi connectivity index (χ3n) is 3.12. The van der Waals surface area contributed by atoms with E-state index in [0.717, 1.165) is 16.8 Å². The highest BCUT2D eigenvalue weighted by atomic mass is 35.5. The molecular formula is C14H14ClN5O. The Bertz CT molecular complexity index is 797. The number of aromatic nitrogens is 4. The van der Waals surface area contributed by atoms with Crippen molar-refractivity contribution in [3.8, 4) is 11.1 Å². The standard InChI is InChI=1S/C14H14ClN5O/c1-8-17-14-18-11(7-21-2)12(13(16)20(14)19-8)9-3-5-10(15)6-4-9/h3-6H,7,16H2,1-2H3. The van der Waals surface area contributed by atoms with Crippen molar-refractivity contribution in [2.45, 2.75) is 13.5 Å². The number of halogens is 1. The van der Waals surface area contributed by atoms with Gasteiger partial charge in [-0.1, -0.05) is 23.7 Å². The Hall–Kier alpha value is -2.18. The number of methoxy groups -OCH3 is 1. The molecule has 3 rings (SSSR count). The maximum Gasteiger partial charge on any atom is 0.254 e. The summed E-state index contributed by atoms with van der Waals surface area (Å²) in [5, 5.41) is 4.93. The first-order valence-corrected chi connectivity index (χ1v) is 6.74. The summed E-state index contributed by atoms with van der Waals surface area (Å²) in [5.74, 6) is 1.57. The molecule has 21 heavy (non-hydrogen) atoms. The summed E-state index contributed by atoms with van der Waals surface area (Å²) in [4.78, 5) is 8.75. The van der Waals surface area contributed by atoms with E-state index in [-0.39, 0.29) is 0 Å². The van der Waals surface area contributed by atoms with Crippen LogP contribution >= 0.6 is 11.6 Å². The average Bonchev–Trinajstić information content (AvgIpc) is 2.82. The van der Waals surface area contributed by atoms with Crippen LogP contribution in [0.1, 0.15) is 11.5 Å². The molecule has 1 aromatic carbocycles. The Morgan fingerprint density at radius 3 is 2.62 bits per heavy atom. The molecule has 108 valence electrons. The Morgan fingerprint density at radius 2 is 1.95 bits per heavy atom. The van der Waals surface area contributed by atoms with Crippen LogP contribution in [0.25, 0.3) is 16.9 Å². The number of nitrogens with zero attached hydrogens (tertiary/aromatic N) is 4. The van der Waals surface area contributed by atoms with Crippen LogP contribution in [0.15, 0.2) is 24.3 Å². The average molecular weight is 304 g/mol. The fraction of sp³-hybridized carbons (Fsp3) is 0.214. The SMILES string of the molecule is COCc1nc2nc(C)nn2c(N)c1-c1ccc(Cl)cc1. The van der Waals surface area contributed by atoms with E-state index in [9.17, 15) is 0 Å². The van der Waals surface area contributed by atoms with Crippen molar-refractivity contribution in [3.05, 3.63) is 40.8 Å². The van der Waals surface area contributed by atoms with Gasteiger partial charge in [0.2, 0.25) is 0 Å². The number of rotatable bonds is 3. The summed E-state index contributed by atoms with van der Waals surface area (Å²) in [6.45, 7) is 2.14. The molecule has 7 heteroatoms. The zero-order chi connectivity index (χ0) is 15.0. The predicted octanol–water partition coefficient (Wildman–Crippen LogP) is 2.48. The lowest BCUT2D eigenvalue weighted by Gasteiger charge is -2.12. The Labute approximate surface area is 126 Å². The lowest BCUT2D eigenvalue weighted by molar-refractivity contribution is 0.182. The van der Waals surface area contributed by atoms with Gasteiger partial charge < -0.3 is 10.5 Å². The molecule has 0 saturated heterocycles. The van der Waals surface area contributed by atoms with Crippen LogP contribution in [0.5, 0.6) is 0 Å². The normalized spacial score (nSPS) is 11.2. The summed E-state index contributed by atoms with van der Waals surface area (Å²) in [6.07, 6.45) is 0. The highest BCUT2D eigenvalue weighted by Crippen LogP contribution is 2.30. The minimum atomic E-state index is 0.338. The molecule has 6 nitrogen and oxygen atoms in total. The van der Waals surface area contributed by atoms with Gasteiger partial charge in [-0.25, -0.2) is 4.98 Å². The van der Waals surface area contributed by atoms with Gasteiger partial charge in [0.25, 0.3) is 5.78 Å². The fourth-order valence-electron chi connectivity index (χ4n) is 2.24. The van der Waals surface area contributed by atoms with E-state index in [1.165, 1.54) is 0 Å². The number of aryl methyl sites for hydroxylation is 1. The molecule has 0 atom stereocenters. The number of benzene rings is 1. The van der Waals surface area contributed by atoms with E-state index in [4.69, 9.17) is 22.1 Å². The second-order valence-electron chi connectivity index (χ2n) is 4.63. The Kier molecular flexibility index (Phi) is 3.48. The summed E-state index contributed by atoms with van der Waals surface area (Å²) in [5.41, 5.74) is 8.68. The molecule has 0 bridgehead atoms. The van der Waals surface area contributed by atoms with Gasteiger partial charge in [0, 0.05) is 17.7 Å². The molecule has 0 aliphatic rings. The van der Waals surface area contributed by atoms with Crippen molar-refractivity contribution in [2.75, 3.05) is 12.8 Å². The molecule has 0 fully saturated rings. The van der Waals surface area contributed by atoms with E-state index in [2.05, 4.69) is 15.1 Å². The molecular weight excluding hydrogens is 290 g/mol. The van der Waals surface area contributed by atoms with Gasteiger partial charge >= 0.3 is 0 Å². The van der Waals surface area contributed by atoms with Crippen LogP contribution in [0.2, 0.25) is 5.02 Å². The monoisotopic (exact) mass is 303 g/mol. The minimum absolute atomic E-state index is 0.338. The highest BCUT2D eigenvalue weighted by Gasteiger charge is 2.17. The lowest BCUT2D eigenvalue weighted by Crippen LogP contribution is -2.08. The van der Waals surface area contributed by atoms with Gasteiger partial charge in [0.15, 0.2) is 0 Å². The van der Waals surface area contributed by atoms with Crippen molar-refractivity contribution in [2.24, 2.45) is 0 Å². The van der Waals surface area contributed by atoms with Gasteiger partial charge in [-0.15, -0.1) is 5.10 Å². The number of fused-ring (bicyclic) bond motifs is 1. The van der Waals surface area contributed by atoms with E-state index < -0.39 is 0 Å². The van der Waals surface area contributed by atoms with Crippen LogP contribution < -0.4 is 5.73 Å². The molecule has 0 aliphatic heterocycles. The van der Waals surface area contributed by atoms with E-state index >= 15 is 0 Å². The molecule has 0 aliphatic carbocycles. The molecule has 2 N–H and O–H groups in total. The van der Waals surface area contributed by atoms with Crippen LogP contribution in [0.3, 0.4) is 0 Å². The maximum atomic E-state index is 6.27. The van der Waals surface area contributed by atoms with Crippen LogP contribution in [0.4, 0.5) is 5.82 Å². The molecule has 0 unspecified atom stereocenters. The molecule has 3 aromatic rings. The Balaban J connectivity index is 2.29. The van der Waals surface area contributed by atoms with Gasteiger partial charge in [0.1, 0.15) is 11.6 Å². The molecule has 2 aromatic heterocycles. The predicted molar refractivity (Wildman–Crippen MR) is 81.1 cm³/mol. The summed E-state index contributed by atoms with van der Waals surface area (Å²) in [6, 6.07) is 7.41. The molecule has 0 spiro atoms. The first-order chi connectivity index (χ1) is 10.1. The Morgan fingerprint density at radius 1 is 1.24 bits per heavy atom. The maximum absolute atomic E-state index is 6.27. The number of ether oxygens (including phenoxy) is 1. The lowest BCUT2D eigenvalue weighted by atomic mass is 10.0. The van der Waals surface area contributed by atoms with Gasteiger partial charge in [-0.3, -0.25) is 0 Å². The van der Waals surface area contributed by atoms with Crippen LogP contribution in [-0.2, 0) is 11.3 Å². The van der Waals surface area contributed by atoms with Crippen LogP contribution in [-0.4, -0.2) is 26.7 Å². The second-order valence-corrected chi connectivity index (χ2v) is 5.07. The summed E-state index contributed by atoms with van der Waals surface area (Å²) in [7, 11) is 1.61. The number of anilines is 1. The minimum Gasteiger partial charge on any atom is -0.383 e. The molecule has 0 radical (unpaired) electrons. The van der Waals surface area contributed by atoms with Gasteiger partial charge in [-0.05, 0) is 24.6 Å². The highest BCUT2D eigenvalue weighted by molar-refractivity contribution is 6.30. The quantitative estimate of drug-likeness (QED) is 0.804. The number of nitrogen functional groups attached to an aromatic ring is 1. The van der Waals surface area contributed by atoms with E-state index in [1.807, 2.05) is 24.3 Å². The topological polar surface area (TPSA) is 78.3 Å². The second kappa shape index (κ2) is 5.31. The number of hydrogen-bond acceptors (Lipinski definition) is 5. The van der Waals surface area contributed by atoms with Gasteiger partial charge in [0.05, 0.1) is 12.3 Å². The van der Waals surface area contributed by atoms with Crippen molar-refractivity contribution in [3.63, 3.8) is 0 Å². The first-order valence-electron chi connectivity index (χ1n) is 6.36. The number of hydrogen-bond donors (Lipinski definition) is 1. The van der Waals surface area contributed by atoms with Crippen molar-refractivity contribution in [1.82, 2.24) is 19.6 Å². The third kappa shape index (κ3) is 2.43. The third-order valence-corrected chi connectivity index (χ3v) is 3.37. The van der Waals surface area contributed by atoms with Crippen LogP contribution in [0, 0.1) is 6.92 Å². The van der Waals surface area contributed by atoms with Crippen molar-refractivity contribution >= 4 is 23.2 Å².